The molecule has 3 N–H and O–H groups in total. The molecule has 2 aliphatic heterocycles. The van der Waals surface area contributed by atoms with Gasteiger partial charge in [0.05, 0.1) is 0 Å². The van der Waals surface area contributed by atoms with Gasteiger partial charge in [0.25, 0.3) is 0 Å². The first-order valence-electron chi connectivity index (χ1n) is 9.86. The highest BCUT2D eigenvalue weighted by Crippen LogP contribution is 2.18. The highest BCUT2D eigenvalue weighted by Gasteiger charge is 2.26. The van der Waals surface area contributed by atoms with Crippen LogP contribution in [0.3, 0.4) is 0 Å². The molecule has 2 saturated heterocycles. The molecule has 6 nitrogen and oxygen atoms in total. The van der Waals surface area contributed by atoms with E-state index in [2.05, 4.69) is 16.0 Å². The maximum Gasteiger partial charge on any atom is 0.315 e. The minimum Gasteiger partial charge on any atom is -0.342 e. The maximum atomic E-state index is 12.4. The first kappa shape index (κ1) is 21.6. The van der Waals surface area contributed by atoms with Gasteiger partial charge in [-0.1, -0.05) is 19.3 Å². The van der Waals surface area contributed by atoms with Gasteiger partial charge in [-0.25, -0.2) is 4.79 Å². The van der Waals surface area contributed by atoms with Gasteiger partial charge in [0, 0.05) is 55.7 Å². The molecule has 2 heterocycles. The van der Waals surface area contributed by atoms with E-state index in [1.54, 1.807) is 0 Å². The number of thioether (sulfide) groups is 1. The lowest BCUT2D eigenvalue weighted by Gasteiger charge is -2.34. The minimum absolute atomic E-state index is 0. The Hall–Kier alpha value is -0.660. The number of hydrogen-bond acceptors (Lipinski definition) is 4. The van der Waals surface area contributed by atoms with Gasteiger partial charge in [-0.15, -0.1) is 12.4 Å². The van der Waals surface area contributed by atoms with Crippen molar-refractivity contribution in [1.29, 1.82) is 0 Å². The van der Waals surface area contributed by atoms with E-state index in [-0.39, 0.29) is 30.4 Å². The summed E-state index contributed by atoms with van der Waals surface area (Å²) in [4.78, 5) is 26.5. The number of nitrogens with zero attached hydrogens (tertiary/aromatic N) is 1. The fourth-order valence-electron chi connectivity index (χ4n) is 4.02. The molecule has 0 aromatic rings. The predicted octanol–water partition coefficient (Wildman–Crippen LogP) is 2.13. The molecule has 0 aromatic carbocycles. The molecule has 3 rings (SSSR count). The van der Waals surface area contributed by atoms with Gasteiger partial charge < -0.3 is 20.9 Å². The van der Waals surface area contributed by atoms with Crippen LogP contribution in [0.15, 0.2) is 0 Å². The molecule has 3 fully saturated rings. The third-order valence-corrected chi connectivity index (χ3v) is 6.67. The summed E-state index contributed by atoms with van der Waals surface area (Å²) in [6, 6.07) is 0.829. The van der Waals surface area contributed by atoms with Crippen molar-refractivity contribution in [3.05, 3.63) is 0 Å². The standard InChI is InChI=1S/C18H32N4O2S.ClH/c23-17(12-16-13-25-11-8-19-16)22-9-6-15(7-10-22)21-18(24)20-14-4-2-1-3-5-14;/h14-16,19H,1-13H2,(H2,20,21,24);1H. The minimum atomic E-state index is -0.0277. The van der Waals surface area contributed by atoms with E-state index in [9.17, 15) is 9.59 Å². The van der Waals surface area contributed by atoms with E-state index in [1.165, 1.54) is 19.3 Å². The summed E-state index contributed by atoms with van der Waals surface area (Å²) in [6.07, 6.45) is 8.27. The van der Waals surface area contributed by atoms with Gasteiger partial charge in [-0.3, -0.25) is 4.79 Å². The topological polar surface area (TPSA) is 73.5 Å². The molecule has 0 bridgehead atoms. The van der Waals surface area contributed by atoms with E-state index in [0.717, 1.165) is 56.8 Å². The highest BCUT2D eigenvalue weighted by atomic mass is 35.5. The average Bonchev–Trinajstić information content (AvgIpc) is 2.64. The number of amides is 3. The first-order valence-corrected chi connectivity index (χ1v) is 11.0. The summed E-state index contributed by atoms with van der Waals surface area (Å²) in [5.41, 5.74) is 0. The number of hydrogen-bond donors (Lipinski definition) is 3. The smallest absolute Gasteiger partial charge is 0.315 e. The molecular weight excluding hydrogens is 372 g/mol. The van der Waals surface area contributed by atoms with Crippen LogP contribution >= 0.6 is 24.2 Å². The Kier molecular flexibility index (Phi) is 9.36. The van der Waals surface area contributed by atoms with Crippen LogP contribution in [0, 0.1) is 0 Å². The number of urea groups is 1. The Balaban J connectivity index is 0.00000243. The lowest BCUT2D eigenvalue weighted by molar-refractivity contribution is -0.132. The van der Waals surface area contributed by atoms with Gasteiger partial charge in [0.1, 0.15) is 0 Å². The molecule has 1 atom stereocenters. The van der Waals surface area contributed by atoms with Crippen molar-refractivity contribution in [3.63, 3.8) is 0 Å². The Morgan fingerprint density at radius 2 is 1.65 bits per heavy atom. The molecule has 1 saturated carbocycles. The van der Waals surface area contributed by atoms with E-state index in [1.807, 2.05) is 16.7 Å². The Bertz CT molecular complexity index is 448. The number of carbonyl (C=O) groups is 2. The van der Waals surface area contributed by atoms with E-state index in [4.69, 9.17) is 0 Å². The molecule has 1 unspecified atom stereocenters. The Labute approximate surface area is 167 Å². The summed E-state index contributed by atoms with van der Waals surface area (Å²) in [5.74, 6) is 2.43. The molecule has 26 heavy (non-hydrogen) atoms. The number of likely N-dealkylation sites (tertiary alicyclic amines) is 1. The second kappa shape index (κ2) is 11.2. The molecule has 1 aliphatic carbocycles. The predicted molar refractivity (Wildman–Crippen MR) is 109 cm³/mol. The monoisotopic (exact) mass is 404 g/mol. The second-order valence-corrected chi connectivity index (χ2v) is 8.69. The summed E-state index contributed by atoms with van der Waals surface area (Å²) in [7, 11) is 0. The van der Waals surface area contributed by atoms with Gasteiger partial charge in [0.2, 0.25) is 5.91 Å². The fraction of sp³-hybridized carbons (Fsp3) is 0.889. The molecule has 0 radical (unpaired) electrons. The number of halogens is 1. The average molecular weight is 405 g/mol. The zero-order chi connectivity index (χ0) is 17.5. The number of nitrogens with one attached hydrogen (secondary N) is 3. The largest absolute Gasteiger partial charge is 0.342 e. The highest BCUT2D eigenvalue weighted by molar-refractivity contribution is 7.99. The SMILES string of the molecule is Cl.O=C(NC1CCCCC1)NC1CCN(C(=O)CC2CSCCN2)CC1. The summed E-state index contributed by atoms with van der Waals surface area (Å²) in [6.45, 7) is 2.52. The normalized spacial score (nSPS) is 25.2. The fourth-order valence-corrected chi connectivity index (χ4v) is 4.97. The van der Waals surface area contributed by atoms with Crippen LogP contribution in [0.1, 0.15) is 51.4 Å². The van der Waals surface area contributed by atoms with Gasteiger partial charge in [-0.05, 0) is 25.7 Å². The van der Waals surface area contributed by atoms with E-state index in [0.29, 0.717) is 18.5 Å². The summed E-state index contributed by atoms with van der Waals surface area (Å²) >= 11 is 1.93. The first-order chi connectivity index (χ1) is 12.2. The second-order valence-electron chi connectivity index (χ2n) is 7.54. The number of carbonyl (C=O) groups excluding carboxylic acids is 2. The molecule has 3 amide bonds. The van der Waals surface area contributed by atoms with Crippen molar-refractivity contribution in [2.24, 2.45) is 0 Å². The van der Waals surface area contributed by atoms with Crippen molar-refractivity contribution in [1.82, 2.24) is 20.9 Å². The molecule has 0 aromatic heterocycles. The quantitative estimate of drug-likeness (QED) is 0.671. The Morgan fingerprint density at radius 3 is 2.27 bits per heavy atom. The third-order valence-electron chi connectivity index (χ3n) is 5.54. The van der Waals surface area contributed by atoms with Crippen LogP contribution in [-0.2, 0) is 4.79 Å². The van der Waals surface area contributed by atoms with Crippen molar-refractivity contribution in [3.8, 4) is 0 Å². The molecular formula is C18H33ClN4O2S. The zero-order valence-electron chi connectivity index (χ0n) is 15.5. The van der Waals surface area contributed by atoms with Crippen LogP contribution in [-0.4, -0.2) is 66.1 Å². The summed E-state index contributed by atoms with van der Waals surface area (Å²) < 4.78 is 0. The lowest BCUT2D eigenvalue weighted by atomic mass is 9.96. The molecule has 150 valence electrons. The zero-order valence-corrected chi connectivity index (χ0v) is 17.1. The van der Waals surface area contributed by atoms with Crippen LogP contribution in [0.2, 0.25) is 0 Å². The van der Waals surface area contributed by atoms with Crippen molar-refractivity contribution >= 4 is 36.1 Å². The van der Waals surface area contributed by atoms with Crippen molar-refractivity contribution in [2.75, 3.05) is 31.1 Å². The van der Waals surface area contributed by atoms with Gasteiger partial charge in [-0.2, -0.15) is 11.8 Å². The van der Waals surface area contributed by atoms with Crippen LogP contribution in [0.5, 0.6) is 0 Å². The van der Waals surface area contributed by atoms with Crippen LogP contribution in [0.4, 0.5) is 4.79 Å². The van der Waals surface area contributed by atoms with Crippen LogP contribution < -0.4 is 16.0 Å². The molecule has 0 spiro atoms. The molecule has 3 aliphatic rings. The van der Waals surface area contributed by atoms with Gasteiger partial charge >= 0.3 is 6.03 Å². The molecule has 8 heteroatoms. The number of rotatable bonds is 4. The maximum absolute atomic E-state index is 12.4. The summed E-state index contributed by atoms with van der Waals surface area (Å²) in [5, 5.41) is 9.65. The van der Waals surface area contributed by atoms with Crippen LogP contribution in [0.25, 0.3) is 0 Å². The van der Waals surface area contributed by atoms with Crippen molar-refractivity contribution in [2.45, 2.75) is 69.5 Å². The third kappa shape index (κ3) is 6.82. The van der Waals surface area contributed by atoms with Crippen molar-refractivity contribution < 1.29 is 9.59 Å². The number of piperidine rings is 1. The van der Waals surface area contributed by atoms with E-state index >= 15 is 0 Å². The van der Waals surface area contributed by atoms with E-state index < -0.39 is 0 Å². The van der Waals surface area contributed by atoms with Gasteiger partial charge in [0.15, 0.2) is 0 Å². The Morgan fingerprint density at radius 1 is 1.00 bits per heavy atom. The lowest BCUT2D eigenvalue weighted by Crippen LogP contribution is -2.51.